The summed E-state index contributed by atoms with van der Waals surface area (Å²) in [6, 6.07) is -10.0. The van der Waals surface area contributed by atoms with E-state index in [0.717, 1.165) is 29.4 Å². The fourth-order valence-electron chi connectivity index (χ4n) is 17.3. The predicted octanol–water partition coefficient (Wildman–Crippen LogP) is 5.32. The van der Waals surface area contributed by atoms with Crippen LogP contribution in [0, 0.1) is 35.5 Å². The lowest BCUT2D eigenvalue weighted by Crippen LogP contribution is -2.68. The van der Waals surface area contributed by atoms with Gasteiger partial charge in [0.05, 0.1) is 44.7 Å². The summed E-state index contributed by atoms with van der Waals surface area (Å²) in [6.45, 7) is 6.68. The number of carbonyl (C=O) groups is 12. The summed E-state index contributed by atoms with van der Waals surface area (Å²) in [7, 11) is 7.99. The van der Waals surface area contributed by atoms with Crippen LogP contribution in [0.2, 0.25) is 0 Å². The third-order valence-corrected chi connectivity index (χ3v) is 24.8. The third-order valence-electron chi connectivity index (χ3n) is 24.8. The van der Waals surface area contributed by atoms with Gasteiger partial charge in [0, 0.05) is 81.5 Å². The molecule has 0 radical (unpaired) electrons. The summed E-state index contributed by atoms with van der Waals surface area (Å²) < 4.78 is 127. The van der Waals surface area contributed by atoms with Gasteiger partial charge in [-0.05, 0) is 154 Å². The molecule has 4 heterocycles. The number of halogens is 8. The predicted molar refractivity (Wildman–Crippen MR) is 376 cm³/mol. The monoisotopic (exact) mass is 1550 g/mol. The SMILES string of the molecule is CCO[C@@H]1C[C@H]2C(=O)NC3(CCC3)C(=O)N(C)[C@@H](C3CCCC3)C(=O)N(C)[C@H](C(=O)N3CCOCC3)CC(=O)N(C)C(C)(C)C(=O)N[C@@H]([C@@H](C)CC)C(=O)N(C)CC(=O)N(C)[C@H]3CCCCN(C3=O)[C@@H](CC3CCC(C(F)(F)F)CC3)C(=O)N(C)CC(=O)N[C@@H](CCC3CC(F)C(C(F)(F)F)C(F)C3)C(=O)N2C1. The van der Waals surface area contributed by atoms with Crippen molar-refractivity contribution >= 4 is 70.9 Å². The number of ether oxygens (including phenoxy) is 2. The Kier molecular flexibility index (Phi) is 29.2. The standard InChI is InChI=1S/C74H114F8N12O14/c1-12-43(3)60-67(103)87(7)42-58(97)88(8)52-21-16-17-30-93(66(52)102)55(37-44-22-25-47(26-23-44)73(77,78)79)64(100)86(6)41-56(95)83-51(27-24-45-35-49(75)59(50(76)36-45)74(80,81)82)63(99)94-40-48(108-13-2)38-53(94)62(98)85-72(28-18-29-72)70(106)90(10)61(46-19-14-15-20-46)68(104)89(9)54(65(101)92-31-33-107-34-32-92)39-57(96)91(11)71(4,5)69(105)84-60/h43-55,59-61H,12-42H2,1-11H3,(H,83,95)(H,84,105)(H,85,98)/t43-,44?,45?,47?,48+,49?,50?,51-,52-,53-,54-,55-,59?,60-,61-/m0/s1. The van der Waals surface area contributed by atoms with Crippen molar-refractivity contribution in [2.24, 2.45) is 35.5 Å². The molecule has 34 heteroatoms. The zero-order chi connectivity index (χ0) is 79.8. The molecule has 3 N–H and O–H groups in total. The van der Waals surface area contributed by atoms with Crippen molar-refractivity contribution in [1.29, 1.82) is 0 Å². The molecule has 2 unspecified atom stereocenters. The van der Waals surface area contributed by atoms with Crippen molar-refractivity contribution in [3.63, 3.8) is 0 Å². The number of alkyl halides is 8. The second-order valence-corrected chi connectivity index (χ2v) is 32.2. The topological polar surface area (TPSA) is 289 Å². The largest absolute Gasteiger partial charge is 0.397 e. The van der Waals surface area contributed by atoms with Gasteiger partial charge in [0.15, 0.2) is 0 Å². The lowest BCUT2D eigenvalue weighted by Gasteiger charge is -2.47. The molecule has 4 saturated heterocycles. The van der Waals surface area contributed by atoms with Gasteiger partial charge < -0.3 is 69.5 Å². The minimum absolute atomic E-state index is 0.00672. The summed E-state index contributed by atoms with van der Waals surface area (Å²) >= 11 is 0. The van der Waals surface area contributed by atoms with Gasteiger partial charge in [-0.15, -0.1) is 0 Å². The molecule has 4 aliphatic carbocycles. The highest BCUT2D eigenvalue weighted by atomic mass is 19.4. The van der Waals surface area contributed by atoms with Crippen molar-refractivity contribution in [2.45, 2.75) is 260 Å². The molecular weight excluding hydrogens is 1430 g/mol. The Morgan fingerprint density at radius 2 is 1.24 bits per heavy atom. The van der Waals surface area contributed by atoms with Crippen LogP contribution in [0.15, 0.2) is 0 Å². The molecular formula is C74H114F8N12O14. The molecule has 108 heavy (non-hydrogen) atoms. The van der Waals surface area contributed by atoms with E-state index in [1.165, 1.54) is 70.8 Å². The van der Waals surface area contributed by atoms with Crippen molar-refractivity contribution in [3.05, 3.63) is 0 Å². The number of likely N-dealkylation sites (N-methyl/N-ethyl adjacent to an activating group) is 6. The number of fused-ring (bicyclic) bond motifs is 3. The molecule has 11 atom stereocenters. The van der Waals surface area contributed by atoms with Crippen LogP contribution in [0.25, 0.3) is 0 Å². The summed E-state index contributed by atoms with van der Waals surface area (Å²) in [6.07, 6.45) is -16.0. The van der Waals surface area contributed by atoms with Crippen LogP contribution in [-0.2, 0) is 67.0 Å². The molecule has 8 fully saturated rings. The number of hydrogen-bond acceptors (Lipinski definition) is 14. The Bertz CT molecular complexity index is 3230. The van der Waals surface area contributed by atoms with Crippen LogP contribution in [0.3, 0.4) is 0 Å². The third kappa shape index (κ3) is 20.0. The first-order chi connectivity index (χ1) is 50.7. The fraction of sp³-hybridized carbons (Fsp3) is 0.838. The van der Waals surface area contributed by atoms with Gasteiger partial charge in [0.1, 0.15) is 71.6 Å². The van der Waals surface area contributed by atoms with Gasteiger partial charge in [-0.2, -0.15) is 26.3 Å². The molecule has 0 aromatic heterocycles. The van der Waals surface area contributed by atoms with E-state index in [4.69, 9.17) is 9.47 Å². The molecule has 4 aliphatic heterocycles. The molecule has 0 aromatic carbocycles. The lowest BCUT2D eigenvalue weighted by molar-refractivity contribution is -0.219. The minimum atomic E-state index is -5.22. The fourth-order valence-corrected chi connectivity index (χ4v) is 17.3. The first-order valence-corrected chi connectivity index (χ1v) is 38.7. The maximum absolute atomic E-state index is 15.6. The van der Waals surface area contributed by atoms with E-state index in [1.807, 2.05) is 0 Å². The molecule has 610 valence electrons. The van der Waals surface area contributed by atoms with Crippen LogP contribution >= 0.6 is 0 Å². The van der Waals surface area contributed by atoms with Crippen LogP contribution in [0.4, 0.5) is 35.1 Å². The van der Waals surface area contributed by atoms with Crippen molar-refractivity contribution in [3.8, 4) is 0 Å². The number of carbonyl (C=O) groups excluding carboxylic acids is 12. The van der Waals surface area contributed by atoms with E-state index in [2.05, 4.69) is 16.0 Å². The van der Waals surface area contributed by atoms with Gasteiger partial charge in [-0.1, -0.05) is 33.1 Å². The summed E-state index contributed by atoms with van der Waals surface area (Å²) in [5.41, 5.74) is -3.47. The van der Waals surface area contributed by atoms with Gasteiger partial charge in [0.2, 0.25) is 70.9 Å². The smallest absolute Gasteiger partial charge is 0.378 e. The second kappa shape index (κ2) is 36.4. The normalized spacial score (nSPS) is 32.4. The molecule has 8 aliphatic rings. The van der Waals surface area contributed by atoms with Crippen LogP contribution in [0.5, 0.6) is 0 Å². The number of hydrogen-bond donors (Lipinski definition) is 3. The maximum atomic E-state index is 15.6. The summed E-state index contributed by atoms with van der Waals surface area (Å²) in [5.74, 6) is -16.7. The quantitative estimate of drug-likeness (QED) is 0.221. The number of amides is 12. The van der Waals surface area contributed by atoms with Gasteiger partial charge in [-0.3, -0.25) is 57.5 Å². The molecule has 0 aromatic rings. The van der Waals surface area contributed by atoms with Crippen LogP contribution in [0.1, 0.15) is 176 Å². The number of morpholine rings is 1. The lowest BCUT2D eigenvalue weighted by atomic mass is 9.74. The Morgan fingerprint density at radius 3 is 1.81 bits per heavy atom. The Hall–Kier alpha value is -7.00. The Morgan fingerprint density at radius 1 is 0.630 bits per heavy atom. The van der Waals surface area contributed by atoms with Gasteiger partial charge >= 0.3 is 12.4 Å². The zero-order valence-electron chi connectivity index (χ0n) is 64.4. The zero-order valence-corrected chi connectivity index (χ0v) is 64.4. The maximum Gasteiger partial charge on any atom is 0.397 e. The van der Waals surface area contributed by atoms with Gasteiger partial charge in [0.25, 0.3) is 0 Å². The first-order valence-electron chi connectivity index (χ1n) is 38.7. The van der Waals surface area contributed by atoms with E-state index in [0.29, 0.717) is 44.9 Å². The molecule has 26 nitrogen and oxygen atoms in total. The van der Waals surface area contributed by atoms with E-state index < -0.39 is 229 Å². The van der Waals surface area contributed by atoms with E-state index in [-0.39, 0.29) is 117 Å². The van der Waals surface area contributed by atoms with E-state index >= 15 is 37.5 Å². The number of nitrogens with one attached hydrogen (secondary N) is 3. The highest BCUT2D eigenvalue weighted by Crippen LogP contribution is 2.46. The highest BCUT2D eigenvalue weighted by molar-refractivity contribution is 6.01. The molecule has 2 bridgehead atoms. The Labute approximate surface area is 627 Å². The van der Waals surface area contributed by atoms with E-state index in [9.17, 15) is 55.1 Å². The van der Waals surface area contributed by atoms with Crippen molar-refractivity contribution < 1.29 is 102 Å². The second-order valence-electron chi connectivity index (χ2n) is 32.2. The van der Waals surface area contributed by atoms with Crippen molar-refractivity contribution in [2.75, 3.05) is 101 Å². The molecule has 4 saturated carbocycles. The molecule has 12 amide bonds. The summed E-state index contributed by atoms with van der Waals surface area (Å²) in [4.78, 5) is 192. The average molecular weight is 1550 g/mol. The number of nitrogens with zero attached hydrogens (tertiary/aromatic N) is 9. The van der Waals surface area contributed by atoms with Gasteiger partial charge in [-0.25, -0.2) is 8.78 Å². The molecule has 8 rings (SSSR count). The Balaban J connectivity index is 1.19. The first kappa shape index (κ1) is 86.6. The number of rotatable bonds is 11. The average Bonchev–Trinajstić information content (AvgIpc) is 0.946. The van der Waals surface area contributed by atoms with Crippen LogP contribution < -0.4 is 16.0 Å². The van der Waals surface area contributed by atoms with Crippen LogP contribution in [-0.4, -0.2) is 301 Å². The van der Waals surface area contributed by atoms with Crippen molar-refractivity contribution in [1.82, 2.24) is 60.0 Å². The highest BCUT2D eigenvalue weighted by Gasteiger charge is 2.57. The summed E-state index contributed by atoms with van der Waals surface area (Å²) in [5, 5.41) is 8.37. The van der Waals surface area contributed by atoms with E-state index in [1.54, 1.807) is 20.8 Å². The minimum Gasteiger partial charge on any atom is -0.378 e. The molecule has 1 spiro atoms.